The first-order chi connectivity index (χ1) is 11.2. The number of amides is 1. The van der Waals surface area contributed by atoms with Gasteiger partial charge in [0, 0.05) is 20.4 Å². The Labute approximate surface area is 159 Å². The van der Waals surface area contributed by atoms with Gasteiger partial charge in [0.2, 0.25) is 5.91 Å². The van der Waals surface area contributed by atoms with E-state index in [0.29, 0.717) is 17.9 Å². The quantitative estimate of drug-likeness (QED) is 0.433. The molecule has 2 nitrogen and oxygen atoms in total. The van der Waals surface area contributed by atoms with E-state index in [-0.39, 0.29) is 11.8 Å². The van der Waals surface area contributed by atoms with Crippen molar-refractivity contribution in [3.05, 3.63) is 56.5 Å². The molecular weight excluding hydrogens is 437 g/mol. The highest BCUT2D eigenvalue weighted by atomic mass is 79.9. The Morgan fingerprint density at radius 3 is 2.54 bits per heavy atom. The van der Waals surface area contributed by atoms with Crippen LogP contribution in [0.5, 0.6) is 0 Å². The van der Waals surface area contributed by atoms with Crippen molar-refractivity contribution in [3.8, 4) is 0 Å². The molecule has 0 aromatic heterocycles. The van der Waals surface area contributed by atoms with Crippen LogP contribution < -0.4 is 5.73 Å². The molecule has 130 valence electrons. The predicted octanol–water partition coefficient (Wildman–Crippen LogP) is 5.67. The fraction of sp³-hybridized carbons (Fsp3) is 0.421. The van der Waals surface area contributed by atoms with Gasteiger partial charge in [-0.25, -0.2) is 4.39 Å². The predicted molar refractivity (Wildman–Crippen MR) is 103 cm³/mol. The lowest BCUT2D eigenvalue weighted by Gasteiger charge is -2.16. The molecule has 1 fully saturated rings. The highest BCUT2D eigenvalue weighted by molar-refractivity contribution is 9.13. The molecule has 1 aliphatic carbocycles. The molecule has 1 aromatic carbocycles. The molecule has 3 atom stereocenters. The maximum atomic E-state index is 14.8. The van der Waals surface area contributed by atoms with Gasteiger partial charge in [0.05, 0.1) is 0 Å². The third-order valence-corrected chi connectivity index (χ3v) is 6.59. The molecule has 1 aromatic rings. The highest BCUT2D eigenvalue weighted by Gasteiger charge is 2.54. The van der Waals surface area contributed by atoms with E-state index < -0.39 is 11.6 Å². The second kappa shape index (κ2) is 7.52. The number of hydrogen-bond donors (Lipinski definition) is 1. The van der Waals surface area contributed by atoms with Gasteiger partial charge >= 0.3 is 0 Å². The average Bonchev–Trinajstić information content (AvgIpc) is 3.17. The Kier molecular flexibility index (Phi) is 6.08. The first kappa shape index (κ1) is 19.4. The average molecular weight is 459 g/mol. The SMILES string of the molecule is CC(C)C(C)/C(=C\C=C\C1(F)CC1c1ccc(Br)c(Br)c1)C(N)=O. The van der Waals surface area contributed by atoms with Crippen LogP contribution in [0.15, 0.2) is 50.9 Å². The molecule has 1 saturated carbocycles. The Morgan fingerprint density at radius 1 is 1.33 bits per heavy atom. The van der Waals surface area contributed by atoms with Crippen molar-refractivity contribution in [1.82, 2.24) is 0 Å². The molecule has 3 unspecified atom stereocenters. The fourth-order valence-corrected chi connectivity index (χ4v) is 3.33. The molecule has 0 spiro atoms. The first-order valence-corrected chi connectivity index (χ1v) is 9.57. The second-order valence-corrected chi connectivity index (χ2v) is 8.44. The number of nitrogens with two attached hydrogens (primary N) is 1. The lowest BCUT2D eigenvalue weighted by molar-refractivity contribution is -0.115. The largest absolute Gasteiger partial charge is 0.366 e. The van der Waals surface area contributed by atoms with E-state index >= 15 is 0 Å². The normalized spacial score (nSPS) is 25.3. The van der Waals surface area contributed by atoms with Crippen LogP contribution in [0.25, 0.3) is 0 Å². The van der Waals surface area contributed by atoms with Gasteiger partial charge in [-0.15, -0.1) is 0 Å². The number of carbonyl (C=O) groups is 1. The summed E-state index contributed by atoms with van der Waals surface area (Å²) in [5.74, 6) is -0.255. The summed E-state index contributed by atoms with van der Waals surface area (Å²) >= 11 is 6.87. The van der Waals surface area contributed by atoms with Gasteiger partial charge in [-0.2, -0.15) is 0 Å². The molecular formula is C19H22Br2FNO. The standard InChI is InChI=1S/C19H22Br2FNO/c1-11(2)12(3)14(18(23)24)5-4-8-19(22)10-15(19)13-6-7-16(20)17(21)9-13/h4-9,11-12,15H,10H2,1-3H3,(H2,23,24)/b8-4+,14-5+. The summed E-state index contributed by atoms with van der Waals surface area (Å²) in [5, 5.41) is 0. The second-order valence-electron chi connectivity index (χ2n) is 6.74. The van der Waals surface area contributed by atoms with Gasteiger partial charge in [0.15, 0.2) is 0 Å². The van der Waals surface area contributed by atoms with Gasteiger partial charge in [0.1, 0.15) is 5.67 Å². The summed E-state index contributed by atoms with van der Waals surface area (Å²) in [4.78, 5) is 11.6. The first-order valence-electron chi connectivity index (χ1n) is 7.99. The molecule has 24 heavy (non-hydrogen) atoms. The Bertz CT molecular complexity index is 699. The molecule has 0 radical (unpaired) electrons. The summed E-state index contributed by atoms with van der Waals surface area (Å²) in [7, 11) is 0. The van der Waals surface area contributed by atoms with Crippen molar-refractivity contribution in [2.45, 2.75) is 38.8 Å². The van der Waals surface area contributed by atoms with E-state index in [9.17, 15) is 9.18 Å². The number of halogens is 3. The van der Waals surface area contributed by atoms with Crippen molar-refractivity contribution in [3.63, 3.8) is 0 Å². The molecule has 1 amide bonds. The molecule has 2 rings (SSSR count). The fourth-order valence-electron chi connectivity index (χ4n) is 2.69. The van der Waals surface area contributed by atoms with Crippen LogP contribution in [-0.4, -0.2) is 11.6 Å². The topological polar surface area (TPSA) is 43.1 Å². The minimum atomic E-state index is -1.35. The van der Waals surface area contributed by atoms with E-state index in [1.54, 1.807) is 18.2 Å². The van der Waals surface area contributed by atoms with Crippen LogP contribution in [-0.2, 0) is 4.79 Å². The molecule has 0 saturated heterocycles. The van der Waals surface area contributed by atoms with Crippen molar-refractivity contribution < 1.29 is 9.18 Å². The zero-order chi connectivity index (χ0) is 18.1. The van der Waals surface area contributed by atoms with E-state index in [1.807, 2.05) is 39.0 Å². The molecule has 0 heterocycles. The van der Waals surface area contributed by atoms with Crippen LogP contribution in [0.3, 0.4) is 0 Å². The summed E-state index contributed by atoms with van der Waals surface area (Å²) in [6.45, 7) is 6.02. The number of hydrogen-bond acceptors (Lipinski definition) is 1. The van der Waals surface area contributed by atoms with E-state index in [4.69, 9.17) is 5.73 Å². The van der Waals surface area contributed by atoms with Crippen LogP contribution >= 0.6 is 31.9 Å². The zero-order valence-electron chi connectivity index (χ0n) is 14.0. The monoisotopic (exact) mass is 457 g/mol. The van der Waals surface area contributed by atoms with E-state index in [1.165, 1.54) is 0 Å². The lowest BCUT2D eigenvalue weighted by atomic mass is 9.89. The summed E-state index contributed by atoms with van der Waals surface area (Å²) in [5.41, 5.74) is 5.59. The number of alkyl halides is 1. The van der Waals surface area contributed by atoms with Crippen LogP contribution in [0.1, 0.15) is 38.7 Å². The maximum Gasteiger partial charge on any atom is 0.244 e. The lowest BCUT2D eigenvalue weighted by Crippen LogP contribution is -2.22. The van der Waals surface area contributed by atoms with Crippen LogP contribution in [0.2, 0.25) is 0 Å². The van der Waals surface area contributed by atoms with Crippen molar-refractivity contribution >= 4 is 37.8 Å². The molecule has 5 heteroatoms. The van der Waals surface area contributed by atoms with E-state index in [0.717, 1.165) is 14.5 Å². The minimum absolute atomic E-state index is 0.0418. The summed E-state index contributed by atoms with van der Waals surface area (Å²) in [6, 6.07) is 5.78. The Hall–Kier alpha value is -0.940. The minimum Gasteiger partial charge on any atom is -0.366 e. The molecule has 0 aliphatic heterocycles. The Balaban J connectivity index is 2.13. The number of allylic oxidation sites excluding steroid dienone is 3. The van der Waals surface area contributed by atoms with Gasteiger partial charge in [0.25, 0.3) is 0 Å². The zero-order valence-corrected chi connectivity index (χ0v) is 17.2. The Morgan fingerprint density at radius 2 is 2.00 bits per heavy atom. The maximum absolute atomic E-state index is 14.8. The van der Waals surface area contributed by atoms with Gasteiger partial charge in [-0.05, 0) is 73.9 Å². The number of rotatable bonds is 6. The number of primary amides is 1. The summed E-state index contributed by atoms with van der Waals surface area (Å²) in [6.07, 6.45) is 5.29. The van der Waals surface area contributed by atoms with E-state index in [2.05, 4.69) is 31.9 Å². The van der Waals surface area contributed by atoms with Crippen LogP contribution in [0, 0.1) is 11.8 Å². The summed E-state index contributed by atoms with van der Waals surface area (Å²) < 4.78 is 16.7. The smallest absolute Gasteiger partial charge is 0.244 e. The number of carbonyl (C=O) groups excluding carboxylic acids is 1. The van der Waals surface area contributed by atoms with Crippen molar-refractivity contribution in [1.29, 1.82) is 0 Å². The van der Waals surface area contributed by atoms with Crippen LogP contribution in [0.4, 0.5) is 4.39 Å². The third kappa shape index (κ3) is 4.37. The molecule has 1 aliphatic rings. The highest BCUT2D eigenvalue weighted by Crippen LogP contribution is 2.56. The third-order valence-electron chi connectivity index (χ3n) is 4.71. The van der Waals surface area contributed by atoms with Gasteiger partial charge in [-0.1, -0.05) is 39.0 Å². The molecule has 0 bridgehead atoms. The molecule has 2 N–H and O–H groups in total. The van der Waals surface area contributed by atoms with Gasteiger partial charge < -0.3 is 5.73 Å². The van der Waals surface area contributed by atoms with Crippen molar-refractivity contribution in [2.75, 3.05) is 0 Å². The number of benzene rings is 1. The van der Waals surface area contributed by atoms with Gasteiger partial charge in [-0.3, -0.25) is 4.79 Å². The van der Waals surface area contributed by atoms with Crippen molar-refractivity contribution in [2.24, 2.45) is 17.6 Å².